The number of para-hydroxylation sites is 1. The van der Waals surface area contributed by atoms with Crippen LogP contribution in [0.2, 0.25) is 0 Å². The Labute approximate surface area is 183 Å². The molecule has 0 aromatic heterocycles. The summed E-state index contributed by atoms with van der Waals surface area (Å²) >= 11 is 0. The molecule has 164 valence electrons. The predicted octanol–water partition coefficient (Wildman–Crippen LogP) is 3.02. The van der Waals surface area contributed by atoms with E-state index < -0.39 is 40.5 Å². The van der Waals surface area contributed by atoms with Crippen LogP contribution in [0.25, 0.3) is 0 Å². The maximum absolute atomic E-state index is 13.2. The topological polar surface area (TPSA) is 114 Å². The van der Waals surface area contributed by atoms with E-state index in [0.29, 0.717) is 11.3 Å². The van der Waals surface area contributed by atoms with Crippen LogP contribution in [0.1, 0.15) is 22.1 Å². The smallest absolute Gasteiger partial charge is 0.338 e. The van der Waals surface area contributed by atoms with Gasteiger partial charge < -0.3 is 15.4 Å². The van der Waals surface area contributed by atoms with Crippen LogP contribution in [0.15, 0.2) is 77.7 Å². The molecule has 4 rings (SSSR count). The van der Waals surface area contributed by atoms with Crippen molar-refractivity contribution in [3.05, 3.63) is 89.7 Å². The number of amides is 1. The fraction of sp³-hybridized carbons (Fsp3) is 0.0909. The first-order valence-electron chi connectivity index (χ1n) is 9.52. The molecule has 1 heterocycles. The molecule has 3 N–H and O–H groups in total. The number of halogens is 1. The lowest BCUT2D eigenvalue weighted by atomic mass is 10.1. The van der Waals surface area contributed by atoms with Gasteiger partial charge in [-0.15, -0.1) is 0 Å². The number of anilines is 2. The van der Waals surface area contributed by atoms with Crippen LogP contribution in [-0.4, -0.2) is 26.9 Å². The van der Waals surface area contributed by atoms with Crippen LogP contribution in [0, 0.1) is 5.82 Å². The summed E-state index contributed by atoms with van der Waals surface area (Å²) in [5, 5.41) is 5.53. The van der Waals surface area contributed by atoms with Gasteiger partial charge in [0.2, 0.25) is 10.0 Å². The third kappa shape index (κ3) is 4.76. The zero-order chi connectivity index (χ0) is 22.7. The van der Waals surface area contributed by atoms with Crippen molar-refractivity contribution in [1.82, 2.24) is 4.72 Å². The number of hydrogen-bond acceptors (Lipinski definition) is 6. The molecule has 0 bridgehead atoms. The maximum atomic E-state index is 13.2. The van der Waals surface area contributed by atoms with Crippen molar-refractivity contribution in [1.29, 1.82) is 0 Å². The molecule has 32 heavy (non-hydrogen) atoms. The van der Waals surface area contributed by atoms with E-state index in [0.717, 1.165) is 6.07 Å². The third-order valence-electron chi connectivity index (χ3n) is 4.67. The molecular formula is C22H18FN3O5S. The summed E-state index contributed by atoms with van der Waals surface area (Å²) in [6, 6.07) is 18.0. The second-order valence-electron chi connectivity index (χ2n) is 6.95. The quantitative estimate of drug-likeness (QED) is 0.510. The van der Waals surface area contributed by atoms with Gasteiger partial charge in [-0.05, 0) is 48.0 Å². The highest BCUT2D eigenvalue weighted by Crippen LogP contribution is 2.30. The monoisotopic (exact) mass is 455 g/mol. The van der Waals surface area contributed by atoms with E-state index in [9.17, 15) is 22.4 Å². The third-order valence-corrected chi connectivity index (χ3v) is 6.15. The van der Waals surface area contributed by atoms with E-state index in [1.165, 1.54) is 36.4 Å². The summed E-state index contributed by atoms with van der Waals surface area (Å²) in [5.74, 6) is -1.84. The minimum absolute atomic E-state index is 0.160. The molecule has 0 radical (unpaired) electrons. The Kier molecular flexibility index (Phi) is 5.89. The number of esters is 1. The molecule has 1 aliphatic heterocycles. The summed E-state index contributed by atoms with van der Waals surface area (Å²) < 4.78 is 45.6. The van der Waals surface area contributed by atoms with Gasteiger partial charge in [-0.25, -0.2) is 17.6 Å². The Bertz CT molecular complexity index is 1280. The maximum Gasteiger partial charge on any atom is 0.338 e. The number of fused-ring (bicyclic) bond motifs is 1. The van der Waals surface area contributed by atoms with E-state index in [1.54, 1.807) is 30.3 Å². The molecular weight excluding hydrogens is 437 g/mol. The van der Waals surface area contributed by atoms with Crippen molar-refractivity contribution in [3.63, 3.8) is 0 Å². The zero-order valence-electron chi connectivity index (χ0n) is 16.5. The lowest BCUT2D eigenvalue weighted by Gasteiger charge is -2.28. The predicted molar refractivity (Wildman–Crippen MR) is 115 cm³/mol. The number of carbonyl (C=O) groups is 2. The zero-order valence-corrected chi connectivity index (χ0v) is 17.4. The van der Waals surface area contributed by atoms with Gasteiger partial charge in [0.1, 0.15) is 16.9 Å². The number of nitrogens with one attached hydrogen (secondary N) is 3. The second-order valence-corrected chi connectivity index (χ2v) is 8.63. The lowest BCUT2D eigenvalue weighted by Crippen LogP contribution is -2.38. The summed E-state index contributed by atoms with van der Waals surface area (Å²) in [6.45, 7) is -0.544. The van der Waals surface area contributed by atoms with E-state index in [1.807, 2.05) is 0 Å². The van der Waals surface area contributed by atoms with Crippen molar-refractivity contribution < 1.29 is 27.1 Å². The van der Waals surface area contributed by atoms with Crippen molar-refractivity contribution in [2.24, 2.45) is 0 Å². The van der Waals surface area contributed by atoms with Crippen molar-refractivity contribution >= 4 is 33.3 Å². The number of ether oxygens (including phenoxy) is 1. The molecule has 3 aromatic rings. The van der Waals surface area contributed by atoms with Crippen molar-refractivity contribution in [2.45, 2.75) is 11.1 Å². The van der Waals surface area contributed by atoms with E-state index in [-0.39, 0.29) is 16.1 Å². The number of rotatable bonds is 5. The Morgan fingerprint density at radius 1 is 1.00 bits per heavy atom. The second kappa shape index (κ2) is 8.77. The number of carbonyl (C=O) groups excluding carboxylic acids is 2. The van der Waals surface area contributed by atoms with Crippen LogP contribution in [-0.2, 0) is 19.6 Å². The molecule has 0 saturated heterocycles. The van der Waals surface area contributed by atoms with Gasteiger partial charge in [-0.2, -0.15) is 4.72 Å². The van der Waals surface area contributed by atoms with E-state index in [2.05, 4.69) is 15.4 Å². The molecule has 1 atom stereocenters. The average Bonchev–Trinajstić information content (AvgIpc) is 2.77. The van der Waals surface area contributed by atoms with Crippen LogP contribution >= 0.6 is 0 Å². The fourth-order valence-corrected chi connectivity index (χ4v) is 4.47. The highest BCUT2D eigenvalue weighted by molar-refractivity contribution is 7.89. The van der Waals surface area contributed by atoms with Gasteiger partial charge in [0, 0.05) is 5.69 Å². The number of benzene rings is 3. The minimum Gasteiger partial charge on any atom is -0.452 e. The van der Waals surface area contributed by atoms with E-state index >= 15 is 0 Å². The molecule has 10 heteroatoms. The SMILES string of the molecule is O=C(COC(=O)c1ccc([C@@H]2Nc3ccccc3S(=O)(=O)N2)cc1)Nc1cccc(F)c1. The van der Waals surface area contributed by atoms with Gasteiger partial charge >= 0.3 is 5.97 Å². The Hall–Kier alpha value is -3.76. The molecule has 0 unspecified atom stereocenters. The minimum atomic E-state index is -3.68. The average molecular weight is 455 g/mol. The standard InChI is InChI=1S/C22H18FN3O5S/c23-16-4-3-5-17(12-16)24-20(27)13-31-22(28)15-10-8-14(9-11-15)21-25-18-6-1-2-7-19(18)32(29,30)26-21/h1-12,21,25-26H,13H2,(H,24,27)/t21-/m1/s1. The van der Waals surface area contributed by atoms with Gasteiger partial charge in [0.15, 0.2) is 6.61 Å². The lowest BCUT2D eigenvalue weighted by molar-refractivity contribution is -0.119. The van der Waals surface area contributed by atoms with Crippen LogP contribution in [0.4, 0.5) is 15.8 Å². The molecule has 1 aliphatic rings. The van der Waals surface area contributed by atoms with Crippen LogP contribution in [0.3, 0.4) is 0 Å². The molecule has 0 spiro atoms. The van der Waals surface area contributed by atoms with Gasteiger partial charge in [0.05, 0.1) is 11.3 Å². The van der Waals surface area contributed by atoms with Crippen LogP contribution in [0.5, 0.6) is 0 Å². The summed E-state index contributed by atoms with van der Waals surface area (Å²) in [4.78, 5) is 24.3. The van der Waals surface area contributed by atoms with Gasteiger partial charge in [-0.1, -0.05) is 30.3 Å². The van der Waals surface area contributed by atoms with Crippen molar-refractivity contribution in [3.8, 4) is 0 Å². The molecule has 3 aromatic carbocycles. The van der Waals surface area contributed by atoms with Gasteiger partial charge in [0.25, 0.3) is 5.91 Å². The van der Waals surface area contributed by atoms with Gasteiger partial charge in [-0.3, -0.25) is 4.79 Å². The van der Waals surface area contributed by atoms with E-state index in [4.69, 9.17) is 4.74 Å². The van der Waals surface area contributed by atoms with Crippen LogP contribution < -0.4 is 15.4 Å². The molecule has 1 amide bonds. The Morgan fingerprint density at radius 3 is 2.50 bits per heavy atom. The highest BCUT2D eigenvalue weighted by atomic mass is 32.2. The Balaban J connectivity index is 1.37. The summed E-state index contributed by atoms with van der Waals surface area (Å²) in [6.07, 6.45) is -0.711. The molecule has 8 nitrogen and oxygen atoms in total. The molecule has 0 saturated carbocycles. The Morgan fingerprint density at radius 2 is 1.75 bits per heavy atom. The normalized spacial score (nSPS) is 16.3. The largest absolute Gasteiger partial charge is 0.452 e. The number of hydrogen-bond donors (Lipinski definition) is 3. The number of sulfonamides is 1. The molecule has 0 aliphatic carbocycles. The first-order valence-corrected chi connectivity index (χ1v) is 11.0. The first kappa shape index (κ1) is 21.5. The first-order chi connectivity index (χ1) is 15.3. The summed E-state index contributed by atoms with van der Waals surface area (Å²) in [5.41, 5.74) is 1.50. The molecule has 0 fully saturated rings. The fourth-order valence-electron chi connectivity index (χ4n) is 3.16. The summed E-state index contributed by atoms with van der Waals surface area (Å²) in [7, 11) is -3.68. The van der Waals surface area contributed by atoms with Crippen molar-refractivity contribution in [2.75, 3.05) is 17.2 Å². The highest BCUT2D eigenvalue weighted by Gasteiger charge is 2.29.